The van der Waals surface area contributed by atoms with Gasteiger partial charge in [-0.25, -0.2) is 0 Å². The molecule has 0 saturated carbocycles. The van der Waals surface area contributed by atoms with Crippen LogP contribution in [0.2, 0.25) is 5.02 Å². The van der Waals surface area contributed by atoms with Gasteiger partial charge in [-0.2, -0.15) is 0 Å². The van der Waals surface area contributed by atoms with Gasteiger partial charge >= 0.3 is 0 Å². The molecule has 0 unspecified atom stereocenters. The summed E-state index contributed by atoms with van der Waals surface area (Å²) in [7, 11) is 0. The zero-order valence-corrected chi connectivity index (χ0v) is 13.3. The Kier molecular flexibility index (Phi) is 5.84. The van der Waals surface area contributed by atoms with Crippen molar-refractivity contribution in [2.75, 3.05) is 6.61 Å². The van der Waals surface area contributed by atoms with Gasteiger partial charge in [-0.15, -0.1) is 0 Å². The van der Waals surface area contributed by atoms with Crippen LogP contribution < -0.4 is 4.74 Å². The van der Waals surface area contributed by atoms with E-state index in [0.29, 0.717) is 22.9 Å². The SMILES string of the molecule is CCCCOc1ccc(Cl)cc1CC(=O)c1ccccc1O. The van der Waals surface area contributed by atoms with E-state index in [4.69, 9.17) is 16.3 Å². The number of phenols is 1. The Hall–Kier alpha value is -2.00. The number of ketones is 1. The number of Topliss-reactive ketones (excluding diaryl/α,β-unsaturated/α-hetero) is 1. The van der Waals surface area contributed by atoms with Crippen LogP contribution in [-0.2, 0) is 6.42 Å². The minimum absolute atomic E-state index is 0.0111. The van der Waals surface area contributed by atoms with E-state index in [2.05, 4.69) is 6.92 Å². The summed E-state index contributed by atoms with van der Waals surface area (Å²) in [6.45, 7) is 2.70. The number of phenolic OH excluding ortho intramolecular Hbond substituents is 1. The summed E-state index contributed by atoms with van der Waals surface area (Å²) in [6, 6.07) is 11.8. The van der Waals surface area contributed by atoms with Gasteiger partial charge in [0.1, 0.15) is 11.5 Å². The quantitative estimate of drug-likeness (QED) is 0.597. The van der Waals surface area contributed by atoms with Crippen LogP contribution in [0.15, 0.2) is 42.5 Å². The molecule has 0 aliphatic rings. The monoisotopic (exact) mass is 318 g/mol. The van der Waals surface area contributed by atoms with Crippen molar-refractivity contribution >= 4 is 17.4 Å². The first-order chi connectivity index (χ1) is 10.6. The number of carbonyl (C=O) groups is 1. The number of rotatable bonds is 7. The highest BCUT2D eigenvalue weighted by Gasteiger charge is 2.14. The third kappa shape index (κ3) is 4.25. The van der Waals surface area contributed by atoms with E-state index in [-0.39, 0.29) is 18.0 Å². The predicted octanol–water partition coefficient (Wildman–Crippen LogP) is 4.65. The molecule has 0 aromatic heterocycles. The maximum absolute atomic E-state index is 12.4. The van der Waals surface area contributed by atoms with Crippen LogP contribution in [0, 0.1) is 0 Å². The zero-order chi connectivity index (χ0) is 15.9. The number of halogens is 1. The van der Waals surface area contributed by atoms with E-state index in [0.717, 1.165) is 18.4 Å². The lowest BCUT2D eigenvalue weighted by atomic mass is 10.0. The summed E-state index contributed by atoms with van der Waals surface area (Å²) < 4.78 is 5.73. The molecule has 0 amide bonds. The predicted molar refractivity (Wildman–Crippen MR) is 88.0 cm³/mol. The fraction of sp³-hybridized carbons (Fsp3) is 0.278. The Morgan fingerprint density at radius 3 is 2.73 bits per heavy atom. The highest BCUT2D eigenvalue weighted by Crippen LogP contribution is 2.26. The highest BCUT2D eigenvalue weighted by atomic mass is 35.5. The topological polar surface area (TPSA) is 46.5 Å². The molecule has 0 radical (unpaired) electrons. The van der Waals surface area contributed by atoms with Crippen molar-refractivity contribution in [1.82, 2.24) is 0 Å². The molecule has 116 valence electrons. The van der Waals surface area contributed by atoms with Gasteiger partial charge in [0.25, 0.3) is 0 Å². The molecule has 0 atom stereocenters. The third-order valence-electron chi connectivity index (χ3n) is 3.33. The lowest BCUT2D eigenvalue weighted by molar-refractivity contribution is 0.0989. The summed E-state index contributed by atoms with van der Waals surface area (Å²) in [5, 5.41) is 10.3. The molecule has 2 aromatic rings. The van der Waals surface area contributed by atoms with Crippen LogP contribution in [0.25, 0.3) is 0 Å². The number of hydrogen-bond donors (Lipinski definition) is 1. The maximum Gasteiger partial charge on any atom is 0.171 e. The van der Waals surface area contributed by atoms with Crippen molar-refractivity contribution in [3.63, 3.8) is 0 Å². The van der Waals surface area contributed by atoms with Crippen molar-refractivity contribution in [1.29, 1.82) is 0 Å². The second kappa shape index (κ2) is 7.85. The lowest BCUT2D eigenvalue weighted by Crippen LogP contribution is -2.07. The van der Waals surface area contributed by atoms with Gasteiger partial charge in [0.2, 0.25) is 0 Å². The van der Waals surface area contributed by atoms with Crippen LogP contribution >= 0.6 is 11.6 Å². The summed E-state index contributed by atoms with van der Waals surface area (Å²) >= 11 is 6.02. The normalized spacial score (nSPS) is 10.5. The van der Waals surface area contributed by atoms with Crippen molar-refractivity contribution in [3.8, 4) is 11.5 Å². The summed E-state index contributed by atoms with van der Waals surface area (Å²) in [4.78, 5) is 12.4. The molecule has 0 aliphatic carbocycles. The Labute approximate surface area is 135 Å². The van der Waals surface area contributed by atoms with Crippen LogP contribution in [-0.4, -0.2) is 17.5 Å². The van der Waals surface area contributed by atoms with Crippen LogP contribution in [0.1, 0.15) is 35.7 Å². The zero-order valence-electron chi connectivity index (χ0n) is 12.5. The number of unbranched alkanes of at least 4 members (excludes halogenated alkanes) is 1. The van der Waals surface area contributed by atoms with E-state index in [1.165, 1.54) is 6.07 Å². The van der Waals surface area contributed by atoms with E-state index in [1.807, 2.05) is 0 Å². The molecule has 0 heterocycles. The van der Waals surface area contributed by atoms with E-state index in [1.54, 1.807) is 36.4 Å². The molecule has 22 heavy (non-hydrogen) atoms. The van der Waals surface area contributed by atoms with Gasteiger partial charge in [-0.1, -0.05) is 37.1 Å². The van der Waals surface area contributed by atoms with Crippen LogP contribution in [0.3, 0.4) is 0 Å². The summed E-state index contributed by atoms with van der Waals surface area (Å²) in [5.41, 5.74) is 1.04. The Bertz CT molecular complexity index is 653. The molecular formula is C18H19ClO3. The third-order valence-corrected chi connectivity index (χ3v) is 3.57. The second-order valence-electron chi connectivity index (χ2n) is 5.07. The number of ether oxygens (including phenoxy) is 1. The van der Waals surface area contributed by atoms with Gasteiger partial charge in [0, 0.05) is 17.0 Å². The van der Waals surface area contributed by atoms with Gasteiger partial charge < -0.3 is 9.84 Å². The molecule has 2 rings (SSSR count). The number of benzene rings is 2. The molecule has 0 aliphatic heterocycles. The molecule has 0 fully saturated rings. The number of para-hydroxylation sites is 1. The first-order valence-electron chi connectivity index (χ1n) is 7.34. The summed E-state index contributed by atoms with van der Waals surface area (Å²) in [6.07, 6.45) is 2.13. The molecule has 2 aromatic carbocycles. The standard InChI is InChI=1S/C18H19ClO3/c1-2-3-10-22-18-9-8-14(19)11-13(18)12-17(21)15-6-4-5-7-16(15)20/h4-9,11,20H,2-3,10,12H2,1H3. The van der Waals surface area contributed by atoms with Crippen molar-refractivity contribution < 1.29 is 14.6 Å². The first kappa shape index (κ1) is 16.4. The van der Waals surface area contributed by atoms with Gasteiger partial charge in [-0.3, -0.25) is 4.79 Å². The number of hydrogen-bond acceptors (Lipinski definition) is 3. The average Bonchev–Trinajstić information content (AvgIpc) is 2.50. The maximum atomic E-state index is 12.4. The van der Waals surface area contributed by atoms with Gasteiger partial charge in [-0.05, 0) is 36.8 Å². The smallest absolute Gasteiger partial charge is 0.171 e. The molecule has 4 heteroatoms. The van der Waals surface area contributed by atoms with Crippen molar-refractivity contribution in [3.05, 3.63) is 58.6 Å². The number of aromatic hydroxyl groups is 1. The Balaban J connectivity index is 2.19. The van der Waals surface area contributed by atoms with E-state index >= 15 is 0 Å². The van der Waals surface area contributed by atoms with E-state index in [9.17, 15) is 9.90 Å². The minimum atomic E-state index is -0.166. The molecule has 0 spiro atoms. The average molecular weight is 319 g/mol. The first-order valence-corrected chi connectivity index (χ1v) is 7.72. The van der Waals surface area contributed by atoms with E-state index < -0.39 is 0 Å². The lowest BCUT2D eigenvalue weighted by Gasteiger charge is -2.12. The molecule has 0 bridgehead atoms. The molecule has 1 N–H and O–H groups in total. The van der Waals surface area contributed by atoms with Crippen molar-refractivity contribution in [2.45, 2.75) is 26.2 Å². The number of carbonyl (C=O) groups excluding carboxylic acids is 1. The van der Waals surface area contributed by atoms with Crippen molar-refractivity contribution in [2.24, 2.45) is 0 Å². The van der Waals surface area contributed by atoms with Gasteiger partial charge in [0.15, 0.2) is 5.78 Å². The molecule has 0 saturated heterocycles. The largest absolute Gasteiger partial charge is 0.507 e. The highest BCUT2D eigenvalue weighted by molar-refractivity contribution is 6.30. The molecule has 3 nitrogen and oxygen atoms in total. The van der Waals surface area contributed by atoms with Gasteiger partial charge in [0.05, 0.1) is 12.2 Å². The molecular weight excluding hydrogens is 300 g/mol. The fourth-order valence-electron chi connectivity index (χ4n) is 2.13. The second-order valence-corrected chi connectivity index (χ2v) is 5.51. The van der Waals surface area contributed by atoms with Crippen LogP contribution in [0.5, 0.6) is 11.5 Å². The Morgan fingerprint density at radius 1 is 1.23 bits per heavy atom. The minimum Gasteiger partial charge on any atom is -0.507 e. The summed E-state index contributed by atoms with van der Waals surface area (Å²) in [5.74, 6) is 0.491. The fourth-order valence-corrected chi connectivity index (χ4v) is 2.33. The van der Waals surface area contributed by atoms with Crippen LogP contribution in [0.4, 0.5) is 0 Å². The Morgan fingerprint density at radius 2 is 2.00 bits per heavy atom.